The standard InChI is InChI=1S/C12H17N3O/c13-7-3-9-15(10-4-8-14)12(16)11-5-1-2-6-11/h11H,1-6,9-10H2. The van der Waals surface area contributed by atoms with Crippen LogP contribution in [0.1, 0.15) is 38.5 Å². The summed E-state index contributed by atoms with van der Waals surface area (Å²) in [6.07, 6.45) is 4.89. The minimum absolute atomic E-state index is 0.136. The molecule has 0 aromatic rings. The molecule has 0 aromatic heterocycles. The van der Waals surface area contributed by atoms with Gasteiger partial charge in [-0.3, -0.25) is 4.79 Å². The topological polar surface area (TPSA) is 67.9 Å². The monoisotopic (exact) mass is 219 g/mol. The van der Waals surface area contributed by atoms with Crippen LogP contribution in [-0.2, 0) is 4.79 Å². The first-order chi connectivity index (χ1) is 7.79. The van der Waals surface area contributed by atoms with E-state index in [4.69, 9.17) is 10.5 Å². The number of hydrogen-bond donors (Lipinski definition) is 0. The molecule has 4 nitrogen and oxygen atoms in total. The predicted octanol–water partition coefficient (Wildman–Crippen LogP) is 1.83. The molecule has 0 spiro atoms. The first kappa shape index (κ1) is 12.5. The zero-order chi connectivity index (χ0) is 11.8. The molecule has 0 saturated heterocycles. The molecule has 0 aliphatic heterocycles. The lowest BCUT2D eigenvalue weighted by atomic mass is 10.1. The van der Waals surface area contributed by atoms with Crippen LogP contribution in [0.2, 0.25) is 0 Å². The highest BCUT2D eigenvalue weighted by molar-refractivity contribution is 5.79. The van der Waals surface area contributed by atoms with Crippen molar-refractivity contribution < 1.29 is 4.79 Å². The van der Waals surface area contributed by atoms with Gasteiger partial charge in [0.15, 0.2) is 0 Å². The Morgan fingerprint density at radius 2 is 1.62 bits per heavy atom. The molecule has 0 heterocycles. The molecule has 1 aliphatic carbocycles. The summed E-state index contributed by atoms with van der Waals surface area (Å²) in [6, 6.07) is 4.09. The number of amides is 1. The maximum atomic E-state index is 12.1. The molecule has 0 aromatic carbocycles. The lowest BCUT2D eigenvalue weighted by Gasteiger charge is -2.23. The molecule has 1 fully saturated rings. The van der Waals surface area contributed by atoms with Crippen LogP contribution in [0.3, 0.4) is 0 Å². The average Bonchev–Trinajstić information content (AvgIpc) is 2.82. The second kappa shape index (κ2) is 6.85. The van der Waals surface area contributed by atoms with Crippen molar-refractivity contribution in [3.8, 4) is 12.1 Å². The average molecular weight is 219 g/mol. The lowest BCUT2D eigenvalue weighted by molar-refractivity contribution is -0.135. The van der Waals surface area contributed by atoms with Gasteiger partial charge in [-0.25, -0.2) is 0 Å². The molecule has 1 amide bonds. The van der Waals surface area contributed by atoms with E-state index in [1.54, 1.807) is 4.90 Å². The predicted molar refractivity (Wildman–Crippen MR) is 59.0 cm³/mol. The fraction of sp³-hybridized carbons (Fsp3) is 0.750. The Bertz CT molecular complexity index is 289. The Hall–Kier alpha value is -1.55. The Balaban J connectivity index is 2.49. The molecule has 16 heavy (non-hydrogen) atoms. The molecule has 0 bridgehead atoms. The van der Waals surface area contributed by atoms with E-state index in [9.17, 15) is 4.79 Å². The van der Waals surface area contributed by atoms with Crippen LogP contribution < -0.4 is 0 Å². The SMILES string of the molecule is N#CCCN(CCC#N)C(=O)C1CCCC1. The number of carbonyl (C=O) groups is 1. The molecular weight excluding hydrogens is 202 g/mol. The molecule has 86 valence electrons. The Morgan fingerprint density at radius 1 is 1.12 bits per heavy atom. The van der Waals surface area contributed by atoms with Crippen molar-refractivity contribution >= 4 is 5.91 Å². The fourth-order valence-electron chi connectivity index (χ4n) is 2.13. The molecule has 1 saturated carbocycles. The van der Waals surface area contributed by atoms with Crippen molar-refractivity contribution in [2.24, 2.45) is 5.92 Å². The quantitative estimate of drug-likeness (QED) is 0.708. The highest BCUT2D eigenvalue weighted by atomic mass is 16.2. The second-order valence-corrected chi connectivity index (χ2v) is 4.12. The van der Waals surface area contributed by atoms with Crippen LogP contribution in [0.15, 0.2) is 0 Å². The molecule has 1 rings (SSSR count). The molecule has 0 radical (unpaired) electrons. The van der Waals surface area contributed by atoms with Gasteiger partial charge in [-0.15, -0.1) is 0 Å². The largest absolute Gasteiger partial charge is 0.340 e. The highest BCUT2D eigenvalue weighted by Crippen LogP contribution is 2.26. The molecule has 0 atom stereocenters. The van der Waals surface area contributed by atoms with Gasteiger partial charge in [0, 0.05) is 19.0 Å². The molecule has 0 N–H and O–H groups in total. The number of hydrogen-bond acceptors (Lipinski definition) is 3. The van der Waals surface area contributed by atoms with Gasteiger partial charge in [-0.1, -0.05) is 12.8 Å². The van der Waals surface area contributed by atoms with E-state index in [-0.39, 0.29) is 11.8 Å². The molecule has 0 unspecified atom stereocenters. The van der Waals surface area contributed by atoms with Crippen molar-refractivity contribution in [1.82, 2.24) is 4.90 Å². The Kier molecular flexibility index (Phi) is 5.36. The van der Waals surface area contributed by atoms with Gasteiger partial charge in [0.05, 0.1) is 25.0 Å². The molecular formula is C12H17N3O. The van der Waals surface area contributed by atoms with E-state index in [0.29, 0.717) is 25.9 Å². The van der Waals surface area contributed by atoms with E-state index in [1.807, 2.05) is 12.1 Å². The minimum Gasteiger partial charge on any atom is -0.340 e. The fourth-order valence-corrected chi connectivity index (χ4v) is 2.13. The zero-order valence-electron chi connectivity index (χ0n) is 9.48. The van der Waals surface area contributed by atoms with Gasteiger partial charge in [0.25, 0.3) is 0 Å². The molecule has 4 heteroatoms. The molecule has 1 aliphatic rings. The van der Waals surface area contributed by atoms with E-state index in [1.165, 1.54) is 0 Å². The summed E-state index contributed by atoms with van der Waals surface area (Å²) in [5, 5.41) is 17.1. The van der Waals surface area contributed by atoms with Gasteiger partial charge in [0.2, 0.25) is 5.91 Å². The summed E-state index contributed by atoms with van der Waals surface area (Å²) >= 11 is 0. The summed E-state index contributed by atoms with van der Waals surface area (Å²) in [6.45, 7) is 0.932. The lowest BCUT2D eigenvalue weighted by Crippen LogP contribution is -2.36. The number of nitrogens with zero attached hydrogens (tertiary/aromatic N) is 3. The Morgan fingerprint density at radius 3 is 2.06 bits per heavy atom. The van der Waals surface area contributed by atoms with Crippen molar-refractivity contribution in [2.75, 3.05) is 13.1 Å². The van der Waals surface area contributed by atoms with Gasteiger partial charge in [-0.2, -0.15) is 10.5 Å². The van der Waals surface area contributed by atoms with Crippen LogP contribution in [0.25, 0.3) is 0 Å². The highest BCUT2D eigenvalue weighted by Gasteiger charge is 2.26. The third-order valence-corrected chi connectivity index (χ3v) is 3.00. The normalized spacial score (nSPS) is 15.4. The van der Waals surface area contributed by atoms with Gasteiger partial charge in [0.1, 0.15) is 0 Å². The van der Waals surface area contributed by atoms with Crippen LogP contribution in [-0.4, -0.2) is 23.9 Å². The van der Waals surface area contributed by atoms with Crippen LogP contribution in [0, 0.1) is 28.6 Å². The van der Waals surface area contributed by atoms with Crippen molar-refractivity contribution in [2.45, 2.75) is 38.5 Å². The summed E-state index contributed by atoms with van der Waals surface area (Å²) in [7, 11) is 0. The number of nitriles is 2. The van der Waals surface area contributed by atoms with Gasteiger partial charge >= 0.3 is 0 Å². The van der Waals surface area contributed by atoms with Crippen LogP contribution in [0.5, 0.6) is 0 Å². The maximum Gasteiger partial charge on any atom is 0.225 e. The second-order valence-electron chi connectivity index (χ2n) is 4.12. The van der Waals surface area contributed by atoms with Gasteiger partial charge < -0.3 is 4.90 Å². The van der Waals surface area contributed by atoms with Crippen molar-refractivity contribution in [3.05, 3.63) is 0 Å². The first-order valence-electron chi connectivity index (χ1n) is 5.82. The van der Waals surface area contributed by atoms with Crippen LogP contribution >= 0.6 is 0 Å². The van der Waals surface area contributed by atoms with E-state index < -0.39 is 0 Å². The third kappa shape index (κ3) is 3.55. The summed E-state index contributed by atoms with van der Waals surface area (Å²) in [5.74, 6) is 0.278. The van der Waals surface area contributed by atoms with E-state index in [2.05, 4.69) is 0 Å². The summed E-state index contributed by atoms with van der Waals surface area (Å²) < 4.78 is 0. The summed E-state index contributed by atoms with van der Waals surface area (Å²) in [4.78, 5) is 13.7. The van der Waals surface area contributed by atoms with Crippen LogP contribution in [0.4, 0.5) is 0 Å². The van der Waals surface area contributed by atoms with E-state index >= 15 is 0 Å². The summed E-state index contributed by atoms with van der Waals surface area (Å²) in [5.41, 5.74) is 0. The zero-order valence-corrected chi connectivity index (χ0v) is 9.48. The number of rotatable bonds is 5. The van der Waals surface area contributed by atoms with E-state index in [0.717, 1.165) is 25.7 Å². The smallest absolute Gasteiger partial charge is 0.225 e. The minimum atomic E-state index is 0.136. The van der Waals surface area contributed by atoms with Gasteiger partial charge in [-0.05, 0) is 12.8 Å². The maximum absolute atomic E-state index is 12.1. The number of carbonyl (C=O) groups excluding carboxylic acids is 1. The van der Waals surface area contributed by atoms with Crippen molar-refractivity contribution in [3.63, 3.8) is 0 Å². The Labute approximate surface area is 96.5 Å². The van der Waals surface area contributed by atoms with Crippen molar-refractivity contribution in [1.29, 1.82) is 10.5 Å². The third-order valence-electron chi connectivity index (χ3n) is 3.00. The first-order valence-corrected chi connectivity index (χ1v) is 5.82.